The van der Waals surface area contributed by atoms with Gasteiger partial charge in [0.05, 0.1) is 6.33 Å². The van der Waals surface area contributed by atoms with Crippen LogP contribution in [0.4, 0.5) is 11.5 Å². The predicted molar refractivity (Wildman–Crippen MR) is 122 cm³/mol. The first-order valence-electron chi connectivity index (χ1n) is 10.3. The lowest BCUT2D eigenvalue weighted by molar-refractivity contribution is -0.116. The number of carbonyl (C=O) groups is 2. The quantitative estimate of drug-likeness (QED) is 0.449. The van der Waals surface area contributed by atoms with E-state index in [9.17, 15) is 9.59 Å². The van der Waals surface area contributed by atoms with Gasteiger partial charge in [-0.15, -0.1) is 0 Å². The SMILES string of the molecule is Cn1nc(C(=O)Nc2cccc(Cn3ccnc3)c2)cc1NC(=O)CCc1ccccc1. The fraction of sp³-hybridized carbons (Fsp3) is 0.167. The Kier molecular flexibility index (Phi) is 6.41. The lowest BCUT2D eigenvalue weighted by Gasteiger charge is -2.07. The topological polar surface area (TPSA) is 93.8 Å². The Hall–Kier alpha value is -4.20. The van der Waals surface area contributed by atoms with Gasteiger partial charge in [0.25, 0.3) is 5.91 Å². The number of nitrogens with zero attached hydrogens (tertiary/aromatic N) is 4. The first kappa shape index (κ1) is 21.0. The molecule has 2 heterocycles. The molecule has 2 aromatic carbocycles. The molecule has 4 aromatic rings. The van der Waals surface area contributed by atoms with Gasteiger partial charge in [-0.2, -0.15) is 5.10 Å². The number of aromatic nitrogens is 4. The number of anilines is 2. The molecule has 4 rings (SSSR count). The highest BCUT2D eigenvalue weighted by molar-refractivity contribution is 6.04. The van der Waals surface area contributed by atoms with E-state index in [-0.39, 0.29) is 17.5 Å². The van der Waals surface area contributed by atoms with Gasteiger partial charge >= 0.3 is 0 Å². The number of carbonyl (C=O) groups excluding carboxylic acids is 2. The Morgan fingerprint density at radius 1 is 0.969 bits per heavy atom. The first-order chi connectivity index (χ1) is 15.6. The smallest absolute Gasteiger partial charge is 0.276 e. The van der Waals surface area contributed by atoms with Crippen LogP contribution in [0.15, 0.2) is 79.4 Å². The summed E-state index contributed by atoms with van der Waals surface area (Å²) < 4.78 is 3.44. The number of hydrogen-bond acceptors (Lipinski definition) is 4. The van der Waals surface area contributed by atoms with Crippen molar-refractivity contribution in [3.05, 3.63) is 96.2 Å². The number of benzene rings is 2. The Morgan fingerprint density at radius 3 is 2.56 bits per heavy atom. The van der Waals surface area contributed by atoms with Crippen LogP contribution in [-0.4, -0.2) is 31.1 Å². The third-order valence-corrected chi connectivity index (χ3v) is 4.97. The largest absolute Gasteiger partial charge is 0.333 e. The summed E-state index contributed by atoms with van der Waals surface area (Å²) in [5, 5.41) is 9.93. The second kappa shape index (κ2) is 9.74. The number of imidazole rings is 1. The molecule has 0 saturated carbocycles. The molecule has 2 N–H and O–H groups in total. The van der Waals surface area contributed by atoms with E-state index >= 15 is 0 Å². The Labute approximate surface area is 185 Å². The maximum atomic E-state index is 12.7. The Balaban J connectivity index is 1.35. The molecule has 0 radical (unpaired) electrons. The summed E-state index contributed by atoms with van der Waals surface area (Å²) >= 11 is 0. The van der Waals surface area contributed by atoms with Crippen LogP contribution in [0.5, 0.6) is 0 Å². The van der Waals surface area contributed by atoms with Crippen molar-refractivity contribution in [2.24, 2.45) is 7.05 Å². The van der Waals surface area contributed by atoms with Crippen molar-refractivity contribution in [1.82, 2.24) is 19.3 Å². The molecule has 32 heavy (non-hydrogen) atoms. The van der Waals surface area contributed by atoms with Crippen LogP contribution < -0.4 is 10.6 Å². The van der Waals surface area contributed by atoms with Gasteiger partial charge in [-0.3, -0.25) is 14.3 Å². The highest BCUT2D eigenvalue weighted by Crippen LogP contribution is 2.15. The molecule has 0 fully saturated rings. The van der Waals surface area contributed by atoms with Crippen molar-refractivity contribution in [3.63, 3.8) is 0 Å². The van der Waals surface area contributed by atoms with Gasteiger partial charge in [0.1, 0.15) is 5.82 Å². The van der Waals surface area contributed by atoms with Crippen molar-refractivity contribution in [1.29, 1.82) is 0 Å². The fourth-order valence-corrected chi connectivity index (χ4v) is 3.34. The van der Waals surface area contributed by atoms with Crippen molar-refractivity contribution in [3.8, 4) is 0 Å². The zero-order chi connectivity index (χ0) is 22.3. The maximum Gasteiger partial charge on any atom is 0.276 e. The van der Waals surface area contributed by atoms with E-state index < -0.39 is 0 Å². The van der Waals surface area contributed by atoms with E-state index in [0.717, 1.165) is 11.1 Å². The van der Waals surface area contributed by atoms with Crippen molar-refractivity contribution in [2.45, 2.75) is 19.4 Å². The molecular formula is C24H24N6O2. The van der Waals surface area contributed by atoms with Crippen molar-refractivity contribution < 1.29 is 9.59 Å². The van der Waals surface area contributed by atoms with Crippen LogP contribution >= 0.6 is 0 Å². The van der Waals surface area contributed by atoms with E-state index in [1.165, 1.54) is 4.68 Å². The maximum absolute atomic E-state index is 12.7. The average molecular weight is 428 g/mol. The van der Waals surface area contributed by atoms with Gasteiger partial charge in [-0.25, -0.2) is 4.98 Å². The van der Waals surface area contributed by atoms with Gasteiger partial charge in [0.15, 0.2) is 5.69 Å². The summed E-state index contributed by atoms with van der Waals surface area (Å²) in [4.78, 5) is 29.0. The summed E-state index contributed by atoms with van der Waals surface area (Å²) in [5.74, 6) is 0.00301. The monoisotopic (exact) mass is 428 g/mol. The minimum Gasteiger partial charge on any atom is -0.333 e. The van der Waals surface area contributed by atoms with E-state index in [2.05, 4.69) is 20.7 Å². The molecule has 162 valence electrons. The second-order valence-corrected chi connectivity index (χ2v) is 7.46. The molecule has 0 aliphatic rings. The van der Waals surface area contributed by atoms with Gasteiger partial charge < -0.3 is 15.2 Å². The van der Waals surface area contributed by atoms with Gasteiger partial charge in [0.2, 0.25) is 5.91 Å². The molecule has 2 aromatic heterocycles. The summed E-state index contributed by atoms with van der Waals surface area (Å²) in [5.41, 5.74) is 3.04. The zero-order valence-corrected chi connectivity index (χ0v) is 17.7. The molecule has 0 aliphatic carbocycles. The van der Waals surface area contributed by atoms with Crippen LogP contribution in [0.1, 0.15) is 28.0 Å². The molecule has 0 unspecified atom stereocenters. The van der Waals surface area contributed by atoms with Gasteiger partial charge in [-0.1, -0.05) is 42.5 Å². The summed E-state index contributed by atoms with van der Waals surface area (Å²) in [6.45, 7) is 0.659. The summed E-state index contributed by atoms with van der Waals surface area (Å²) in [6, 6.07) is 19.0. The summed E-state index contributed by atoms with van der Waals surface area (Å²) in [7, 11) is 1.69. The van der Waals surface area contributed by atoms with Crippen LogP contribution in [0, 0.1) is 0 Å². The number of rotatable bonds is 8. The molecular weight excluding hydrogens is 404 g/mol. The third kappa shape index (κ3) is 5.48. The lowest BCUT2D eigenvalue weighted by atomic mass is 10.1. The molecule has 8 heteroatoms. The number of nitrogens with one attached hydrogen (secondary N) is 2. The fourth-order valence-electron chi connectivity index (χ4n) is 3.34. The van der Waals surface area contributed by atoms with Gasteiger partial charge in [-0.05, 0) is 29.7 Å². The molecule has 0 bridgehead atoms. The van der Waals surface area contributed by atoms with E-state index in [1.807, 2.05) is 65.4 Å². The number of amides is 2. The van der Waals surface area contributed by atoms with Crippen LogP contribution in [0.2, 0.25) is 0 Å². The second-order valence-electron chi connectivity index (χ2n) is 7.46. The Bertz CT molecular complexity index is 1200. The predicted octanol–water partition coefficient (Wildman–Crippen LogP) is 3.49. The Morgan fingerprint density at radius 2 is 1.78 bits per heavy atom. The van der Waals surface area contributed by atoms with E-state index in [4.69, 9.17) is 0 Å². The molecule has 8 nitrogen and oxygen atoms in total. The minimum atomic E-state index is -0.342. The molecule has 0 spiro atoms. The standard InChI is InChI=1S/C24H24N6O2/c1-29-22(27-23(31)11-10-18-6-3-2-4-7-18)15-21(28-29)24(32)26-20-9-5-8-19(14-20)16-30-13-12-25-17-30/h2-9,12-15,17H,10-11,16H2,1H3,(H,26,32)(H,27,31). The highest BCUT2D eigenvalue weighted by Gasteiger charge is 2.15. The molecule has 2 amide bonds. The van der Waals surface area contributed by atoms with Gasteiger partial charge in [0, 0.05) is 44.2 Å². The van der Waals surface area contributed by atoms with E-state index in [0.29, 0.717) is 30.9 Å². The highest BCUT2D eigenvalue weighted by atomic mass is 16.2. The van der Waals surface area contributed by atoms with E-state index in [1.54, 1.807) is 25.6 Å². The number of hydrogen-bond donors (Lipinski definition) is 2. The van der Waals surface area contributed by atoms with Crippen LogP contribution in [0.25, 0.3) is 0 Å². The number of aryl methyl sites for hydroxylation is 2. The summed E-state index contributed by atoms with van der Waals surface area (Å²) in [6.07, 6.45) is 6.35. The first-order valence-corrected chi connectivity index (χ1v) is 10.3. The normalized spacial score (nSPS) is 10.7. The van der Waals surface area contributed by atoms with Crippen LogP contribution in [0.3, 0.4) is 0 Å². The molecule has 0 atom stereocenters. The molecule has 0 saturated heterocycles. The zero-order valence-electron chi connectivity index (χ0n) is 17.7. The van der Waals surface area contributed by atoms with Crippen molar-refractivity contribution >= 4 is 23.3 Å². The molecule has 0 aliphatic heterocycles. The van der Waals surface area contributed by atoms with Crippen LogP contribution in [-0.2, 0) is 24.8 Å². The average Bonchev–Trinajstić information content (AvgIpc) is 3.43. The third-order valence-electron chi connectivity index (χ3n) is 4.97. The van der Waals surface area contributed by atoms with Crippen molar-refractivity contribution in [2.75, 3.05) is 10.6 Å². The lowest BCUT2D eigenvalue weighted by Crippen LogP contribution is -2.14. The minimum absolute atomic E-state index is 0.129.